The van der Waals surface area contributed by atoms with Gasteiger partial charge in [0.1, 0.15) is 31.4 Å². The average molecular weight is 971 g/mol. The first-order valence-electron chi connectivity index (χ1n) is 25.1. The number of carbonyl (C=O) groups excluding carboxylic acids is 3. The van der Waals surface area contributed by atoms with E-state index in [1.165, 1.54) is 64.2 Å². The highest BCUT2D eigenvalue weighted by Gasteiger charge is 2.45. The summed E-state index contributed by atoms with van der Waals surface area (Å²) < 4.78 is 3.94. The van der Waals surface area contributed by atoms with Gasteiger partial charge in [-0.1, -0.05) is 92.1 Å². The number of hydrogen-bond donors (Lipinski definition) is 3. The van der Waals surface area contributed by atoms with Gasteiger partial charge in [0.25, 0.3) is 0 Å². The fraction of sp³-hybridized carbons (Fsp3) is 0.596. The monoisotopic (exact) mass is 970 g/mol. The topological polar surface area (TPSA) is 183 Å². The van der Waals surface area contributed by atoms with E-state index in [9.17, 15) is 14.4 Å². The fourth-order valence-electron chi connectivity index (χ4n) is 11.7. The fourth-order valence-corrected chi connectivity index (χ4v) is 12.0. The number of likely N-dealkylation sites (tertiary alicyclic amines) is 2. The van der Waals surface area contributed by atoms with E-state index >= 15 is 0 Å². The van der Waals surface area contributed by atoms with Gasteiger partial charge in [-0.15, -0.1) is 6.58 Å². The van der Waals surface area contributed by atoms with E-state index in [2.05, 4.69) is 32.1 Å². The molecule has 2 aliphatic carbocycles. The highest BCUT2D eigenvalue weighted by atomic mass is 35.5. The van der Waals surface area contributed by atoms with Crippen LogP contribution in [0, 0.1) is 22.7 Å². The lowest BCUT2D eigenvalue weighted by Gasteiger charge is -2.48. The molecule has 368 valence electrons. The van der Waals surface area contributed by atoms with E-state index in [0.717, 1.165) is 63.0 Å². The van der Waals surface area contributed by atoms with Crippen LogP contribution in [0.5, 0.6) is 0 Å². The van der Waals surface area contributed by atoms with E-state index in [-0.39, 0.29) is 41.0 Å². The predicted octanol–water partition coefficient (Wildman–Crippen LogP) is 7.83. The molecular weight excluding hydrogens is 898 g/mol. The van der Waals surface area contributed by atoms with Gasteiger partial charge in [-0.3, -0.25) is 23.7 Å². The molecule has 0 radical (unpaired) electrons. The number of rotatable bonds is 17. The average Bonchev–Trinajstić information content (AvgIpc) is 4.08. The molecule has 68 heavy (non-hydrogen) atoms. The number of nitrogens with one attached hydrogen (secondary N) is 1. The number of hydrogen-bond acceptors (Lipinski definition) is 9. The van der Waals surface area contributed by atoms with Crippen molar-refractivity contribution in [3.05, 3.63) is 108 Å². The second-order valence-corrected chi connectivity index (χ2v) is 21.0. The Morgan fingerprint density at radius 2 is 1.12 bits per heavy atom. The van der Waals surface area contributed by atoms with Crippen molar-refractivity contribution in [2.75, 3.05) is 26.2 Å². The zero-order valence-corrected chi connectivity index (χ0v) is 41.3. The van der Waals surface area contributed by atoms with Crippen molar-refractivity contribution in [1.82, 2.24) is 44.6 Å². The summed E-state index contributed by atoms with van der Waals surface area (Å²) in [5.74, 6) is 1.14. The summed E-state index contributed by atoms with van der Waals surface area (Å²) in [7, 11) is 0. The van der Waals surface area contributed by atoms with E-state index in [0.29, 0.717) is 54.2 Å². The Hall–Kier alpha value is -4.63. The van der Waals surface area contributed by atoms with Gasteiger partial charge < -0.3 is 26.6 Å². The zero-order valence-electron chi connectivity index (χ0n) is 39.8. The van der Waals surface area contributed by atoms with Crippen molar-refractivity contribution in [2.45, 2.75) is 147 Å². The molecule has 4 fully saturated rings. The maximum Gasteiger partial charge on any atom is 0.245 e. The van der Waals surface area contributed by atoms with Crippen LogP contribution < -0.4 is 16.8 Å². The van der Waals surface area contributed by atoms with Crippen molar-refractivity contribution in [1.29, 1.82) is 0 Å². The van der Waals surface area contributed by atoms with Gasteiger partial charge in [0.2, 0.25) is 17.7 Å². The molecule has 14 nitrogen and oxygen atoms in total. The molecule has 5 N–H and O–H groups in total. The molecule has 8 rings (SSSR count). The molecule has 2 aliphatic heterocycles. The summed E-state index contributed by atoms with van der Waals surface area (Å²) in [6.45, 7) is 8.34. The standard InChI is InChI=1S/C29H41ClN6O2.C23H32ClN5O/c1-2-6-25(31)18-27(37)34-26(17-22-9-11-24(30)12-10-22)28(38)35-15-13-29(14-16-35,19-36-21-32-20-33-36)23-7-4-3-5-8-23;24-20-8-6-18(7-9-20)14-21(25)22(30)28-12-10-23(11-13-28,15-29-17-26-16-27-29)19-4-2-1-3-5-19/h2,9-12,20-21,23,25-26H,1,3-8,13-19,31H2,(H,34,37);6-9,16-17,19,21H,1-5,10-15,25H2/t25-,26-;21-/m11/s1. The van der Waals surface area contributed by atoms with E-state index in [1.54, 1.807) is 25.1 Å². The Kier molecular flexibility index (Phi) is 18.7. The summed E-state index contributed by atoms with van der Waals surface area (Å²) in [6.07, 6.45) is 27.0. The second kappa shape index (κ2) is 24.8. The van der Waals surface area contributed by atoms with Crippen molar-refractivity contribution >= 4 is 40.9 Å². The second-order valence-electron chi connectivity index (χ2n) is 20.1. The van der Waals surface area contributed by atoms with E-state index in [1.807, 2.05) is 74.0 Å². The highest BCUT2D eigenvalue weighted by Crippen LogP contribution is 2.48. The third kappa shape index (κ3) is 14.0. The highest BCUT2D eigenvalue weighted by molar-refractivity contribution is 6.30. The van der Waals surface area contributed by atoms with Gasteiger partial charge in [0, 0.05) is 68.2 Å². The molecule has 4 aromatic rings. The van der Waals surface area contributed by atoms with Gasteiger partial charge in [-0.2, -0.15) is 10.2 Å². The Morgan fingerprint density at radius 3 is 1.54 bits per heavy atom. The largest absolute Gasteiger partial charge is 0.344 e. The summed E-state index contributed by atoms with van der Waals surface area (Å²) >= 11 is 12.0. The van der Waals surface area contributed by atoms with Crippen LogP contribution in [0.3, 0.4) is 0 Å². The van der Waals surface area contributed by atoms with Crippen LogP contribution in [0.2, 0.25) is 10.0 Å². The molecule has 2 aromatic carbocycles. The summed E-state index contributed by atoms with van der Waals surface area (Å²) in [4.78, 5) is 51.9. The number of aromatic nitrogens is 6. The number of halogens is 2. The SMILES string of the molecule is C=CC[C@@H](N)CC(=O)N[C@H](Cc1ccc(Cl)cc1)C(=O)N1CCC(Cn2cncn2)(C2CCCCC2)CC1.N[C@H](Cc1ccc(Cl)cc1)C(=O)N1CCC(Cn2cncn2)(C2CCCCC2)CC1. The van der Waals surface area contributed by atoms with Gasteiger partial charge in [-0.05, 0) is 122 Å². The maximum atomic E-state index is 13.8. The van der Waals surface area contributed by atoms with Crippen molar-refractivity contribution in [3.8, 4) is 0 Å². The van der Waals surface area contributed by atoms with Gasteiger partial charge in [0.15, 0.2) is 0 Å². The summed E-state index contributed by atoms with van der Waals surface area (Å²) in [5, 5.41) is 13.1. The van der Waals surface area contributed by atoms with E-state index < -0.39 is 12.1 Å². The van der Waals surface area contributed by atoms with E-state index in [4.69, 9.17) is 34.7 Å². The van der Waals surface area contributed by atoms with Gasteiger partial charge >= 0.3 is 0 Å². The van der Waals surface area contributed by atoms with Crippen LogP contribution in [0.1, 0.15) is 114 Å². The minimum Gasteiger partial charge on any atom is -0.344 e. The van der Waals surface area contributed by atoms with Crippen LogP contribution in [0.4, 0.5) is 0 Å². The van der Waals surface area contributed by atoms with Crippen LogP contribution in [-0.2, 0) is 40.3 Å². The normalized spacial score (nSPS) is 20.1. The molecule has 3 amide bonds. The van der Waals surface area contributed by atoms with Gasteiger partial charge in [-0.25, -0.2) is 9.97 Å². The van der Waals surface area contributed by atoms with Crippen LogP contribution in [0.15, 0.2) is 86.5 Å². The molecular formula is C52H73Cl2N11O3. The molecule has 2 saturated carbocycles. The zero-order chi connectivity index (χ0) is 47.9. The minimum atomic E-state index is -0.655. The number of piperidine rings is 2. The molecule has 2 aromatic heterocycles. The van der Waals surface area contributed by atoms with Crippen LogP contribution in [-0.4, -0.2) is 101 Å². The molecule has 16 heteroatoms. The quantitative estimate of drug-likeness (QED) is 0.0888. The lowest BCUT2D eigenvalue weighted by atomic mass is 9.63. The Morgan fingerprint density at radius 1 is 0.676 bits per heavy atom. The maximum absolute atomic E-state index is 13.8. The third-order valence-electron chi connectivity index (χ3n) is 15.6. The molecule has 0 spiro atoms. The number of carbonyl (C=O) groups is 3. The molecule has 0 bridgehead atoms. The summed E-state index contributed by atoms with van der Waals surface area (Å²) in [5.41, 5.74) is 14.6. The molecule has 4 heterocycles. The first kappa shape index (κ1) is 51.2. The number of nitrogens with two attached hydrogens (primary N) is 2. The smallest absolute Gasteiger partial charge is 0.245 e. The molecule has 0 unspecified atom stereocenters. The molecule has 3 atom stereocenters. The minimum absolute atomic E-state index is 0.0383. The lowest BCUT2D eigenvalue weighted by molar-refractivity contribution is -0.139. The first-order chi connectivity index (χ1) is 32.9. The number of amides is 3. The number of benzene rings is 2. The first-order valence-corrected chi connectivity index (χ1v) is 25.8. The van der Waals surface area contributed by atoms with Crippen molar-refractivity contribution < 1.29 is 14.4 Å². The Labute approximate surface area is 413 Å². The predicted molar refractivity (Wildman–Crippen MR) is 267 cm³/mol. The lowest BCUT2D eigenvalue weighted by Crippen LogP contribution is -2.55. The van der Waals surface area contributed by atoms with Crippen LogP contribution in [0.25, 0.3) is 0 Å². The third-order valence-corrected chi connectivity index (χ3v) is 16.1. The van der Waals surface area contributed by atoms with Crippen LogP contribution >= 0.6 is 23.2 Å². The van der Waals surface area contributed by atoms with Crippen molar-refractivity contribution in [3.63, 3.8) is 0 Å². The number of nitrogens with zero attached hydrogens (tertiary/aromatic N) is 8. The van der Waals surface area contributed by atoms with Gasteiger partial charge in [0.05, 0.1) is 6.04 Å². The summed E-state index contributed by atoms with van der Waals surface area (Å²) in [6, 6.07) is 13.5. The van der Waals surface area contributed by atoms with Crippen molar-refractivity contribution in [2.24, 2.45) is 34.1 Å². The Bertz CT molecular complexity index is 2160. The molecule has 2 saturated heterocycles. The Balaban J connectivity index is 0.000000207. The molecule has 4 aliphatic rings.